The first kappa shape index (κ1) is 24.0. The number of nitrogens with zero attached hydrogens (tertiary/aromatic N) is 3. The lowest BCUT2D eigenvalue weighted by Gasteiger charge is -2.37. The van der Waals surface area contributed by atoms with Gasteiger partial charge in [0.05, 0.1) is 5.56 Å². The number of urea groups is 1. The van der Waals surface area contributed by atoms with Crippen molar-refractivity contribution in [2.75, 3.05) is 10.2 Å². The van der Waals surface area contributed by atoms with Crippen LogP contribution in [0.15, 0.2) is 79.5 Å². The zero-order chi connectivity index (χ0) is 24.6. The number of amides is 2. The molecule has 1 aliphatic rings. The Labute approximate surface area is 207 Å². The van der Waals surface area contributed by atoms with Gasteiger partial charge in [-0.1, -0.05) is 54.6 Å². The highest BCUT2D eigenvalue weighted by Crippen LogP contribution is 2.30. The maximum atomic E-state index is 13.4. The number of aromatic nitrogens is 1. The Kier molecular flexibility index (Phi) is 7.79. The molecule has 6 nitrogen and oxygen atoms in total. The summed E-state index contributed by atoms with van der Waals surface area (Å²) in [6.07, 6.45) is 5.21. The summed E-state index contributed by atoms with van der Waals surface area (Å²) in [7, 11) is 0. The fourth-order valence-electron chi connectivity index (χ4n) is 4.49. The Hall–Kier alpha value is -4.11. The van der Waals surface area contributed by atoms with Crippen molar-refractivity contribution in [3.63, 3.8) is 0 Å². The molecule has 178 valence electrons. The van der Waals surface area contributed by atoms with Crippen LogP contribution in [0.5, 0.6) is 0 Å². The number of hydrogen-bond donors (Lipinski definition) is 2. The molecule has 1 saturated carbocycles. The van der Waals surface area contributed by atoms with E-state index in [1.54, 1.807) is 12.3 Å². The number of rotatable bonds is 7. The highest BCUT2D eigenvalue weighted by Gasteiger charge is 2.30. The Morgan fingerprint density at radius 3 is 2.37 bits per heavy atom. The van der Waals surface area contributed by atoms with Crippen LogP contribution in [0.4, 0.5) is 16.3 Å². The monoisotopic (exact) mass is 465 g/mol. The second kappa shape index (κ2) is 11.3. The fourth-order valence-corrected chi connectivity index (χ4v) is 4.49. The first-order valence-electron chi connectivity index (χ1n) is 12.0. The molecule has 3 aromatic rings. The number of hydrogen-bond acceptors (Lipinski definition) is 4. The van der Waals surface area contributed by atoms with E-state index in [0.29, 0.717) is 12.1 Å². The topological polar surface area (TPSA) is 81.0 Å². The molecule has 0 radical (unpaired) electrons. The second-order valence-electron chi connectivity index (χ2n) is 9.04. The van der Waals surface area contributed by atoms with Gasteiger partial charge in [-0.25, -0.2) is 9.78 Å². The van der Waals surface area contributed by atoms with Gasteiger partial charge in [-0.3, -0.25) is 4.90 Å². The number of anilines is 2. The third-order valence-electron chi connectivity index (χ3n) is 6.45. The highest BCUT2D eigenvalue weighted by molar-refractivity contribution is 5.92. The molecule has 0 spiro atoms. The minimum atomic E-state index is -0.0814. The molecule has 6 heteroatoms. The molecule has 0 unspecified atom stereocenters. The van der Waals surface area contributed by atoms with E-state index >= 15 is 0 Å². The molecule has 0 saturated heterocycles. The van der Waals surface area contributed by atoms with E-state index in [2.05, 4.69) is 28.3 Å². The van der Waals surface area contributed by atoms with Gasteiger partial charge in [-0.15, -0.1) is 0 Å². The molecular formula is C29H31N5O. The Balaban J connectivity index is 1.44. The third kappa shape index (κ3) is 6.27. The van der Waals surface area contributed by atoms with Crippen LogP contribution in [-0.4, -0.2) is 23.1 Å². The van der Waals surface area contributed by atoms with Crippen LogP contribution in [0.25, 0.3) is 5.57 Å². The third-order valence-corrected chi connectivity index (χ3v) is 6.45. The van der Waals surface area contributed by atoms with E-state index in [1.807, 2.05) is 72.5 Å². The van der Waals surface area contributed by atoms with E-state index in [1.165, 1.54) is 0 Å². The van der Waals surface area contributed by atoms with Crippen molar-refractivity contribution in [3.05, 3.63) is 96.2 Å². The van der Waals surface area contributed by atoms with E-state index in [9.17, 15) is 4.79 Å². The van der Waals surface area contributed by atoms with Gasteiger partial charge in [0.2, 0.25) is 0 Å². The number of pyridine rings is 1. The number of nitriles is 1. The van der Waals surface area contributed by atoms with Crippen LogP contribution in [0.1, 0.15) is 49.3 Å². The zero-order valence-electron chi connectivity index (χ0n) is 20.1. The summed E-state index contributed by atoms with van der Waals surface area (Å²) in [6.45, 7) is 6.49. The summed E-state index contributed by atoms with van der Waals surface area (Å²) < 4.78 is 0. The van der Waals surface area contributed by atoms with Crippen LogP contribution < -0.4 is 15.5 Å². The van der Waals surface area contributed by atoms with Crippen LogP contribution >= 0.6 is 0 Å². The molecule has 0 atom stereocenters. The first-order valence-corrected chi connectivity index (χ1v) is 12.0. The Morgan fingerprint density at radius 1 is 1.06 bits per heavy atom. The van der Waals surface area contributed by atoms with Gasteiger partial charge in [0.1, 0.15) is 11.9 Å². The summed E-state index contributed by atoms with van der Waals surface area (Å²) in [5, 5.41) is 15.6. The summed E-state index contributed by atoms with van der Waals surface area (Å²) in [6, 6.07) is 24.1. The predicted octanol–water partition coefficient (Wildman–Crippen LogP) is 6.13. The minimum Gasteiger partial charge on any atom is -0.367 e. The maximum Gasteiger partial charge on any atom is 0.322 e. The molecule has 4 rings (SSSR count). The standard InChI is InChI=1S/C29H31N5O/c1-21(2)24-9-13-26(14-10-24)34(29(35)32-19-22-6-4-3-5-7-22)27-15-11-25(12-16-27)33-28-17-8-23(18-30)20-31-28/h3-10,13-14,17,20,25,27H,1,11-12,15-16,19H2,2H3,(H,31,33)(H,32,35)/t25-,27-. The molecule has 1 aromatic heterocycles. The van der Waals surface area contributed by atoms with Crippen molar-refractivity contribution in [1.82, 2.24) is 10.3 Å². The van der Waals surface area contributed by atoms with Gasteiger partial charge in [-0.2, -0.15) is 5.26 Å². The lowest BCUT2D eigenvalue weighted by Crippen LogP contribution is -2.48. The summed E-state index contributed by atoms with van der Waals surface area (Å²) in [5.74, 6) is 0.778. The fraction of sp³-hybridized carbons (Fsp3) is 0.276. The van der Waals surface area contributed by atoms with Crippen LogP contribution in [0, 0.1) is 11.3 Å². The van der Waals surface area contributed by atoms with Crippen molar-refractivity contribution in [2.24, 2.45) is 0 Å². The number of nitrogens with one attached hydrogen (secondary N) is 2. The number of allylic oxidation sites excluding steroid dienone is 1. The SMILES string of the molecule is C=C(C)c1ccc(N(C(=O)NCc2ccccc2)[C@H]2CC[C@H](Nc3ccc(C#N)cn3)CC2)cc1. The Bertz CT molecular complexity index is 1170. The largest absolute Gasteiger partial charge is 0.367 e. The van der Waals surface area contributed by atoms with Gasteiger partial charge < -0.3 is 10.6 Å². The average molecular weight is 466 g/mol. The quantitative estimate of drug-likeness (QED) is 0.440. The molecule has 2 aromatic carbocycles. The zero-order valence-corrected chi connectivity index (χ0v) is 20.1. The van der Waals surface area contributed by atoms with E-state index in [-0.39, 0.29) is 18.1 Å². The molecule has 2 amide bonds. The van der Waals surface area contributed by atoms with Crippen molar-refractivity contribution >= 4 is 23.1 Å². The minimum absolute atomic E-state index is 0.0814. The van der Waals surface area contributed by atoms with Crippen LogP contribution in [-0.2, 0) is 6.54 Å². The van der Waals surface area contributed by atoms with Crippen molar-refractivity contribution in [2.45, 2.75) is 51.2 Å². The molecular weight excluding hydrogens is 434 g/mol. The van der Waals surface area contributed by atoms with Gasteiger partial charge in [0.25, 0.3) is 0 Å². The van der Waals surface area contributed by atoms with Crippen molar-refractivity contribution < 1.29 is 4.79 Å². The number of carbonyl (C=O) groups excluding carboxylic acids is 1. The summed E-state index contributed by atoms with van der Waals surface area (Å²) in [5.41, 5.74) is 4.59. The molecule has 1 fully saturated rings. The lowest BCUT2D eigenvalue weighted by atomic mass is 9.89. The van der Waals surface area contributed by atoms with Gasteiger partial charge in [0.15, 0.2) is 0 Å². The van der Waals surface area contributed by atoms with Crippen molar-refractivity contribution in [1.29, 1.82) is 5.26 Å². The maximum absolute atomic E-state index is 13.4. The molecule has 0 aliphatic heterocycles. The van der Waals surface area contributed by atoms with Crippen LogP contribution in [0.3, 0.4) is 0 Å². The van der Waals surface area contributed by atoms with Crippen LogP contribution in [0.2, 0.25) is 0 Å². The predicted molar refractivity (Wildman–Crippen MR) is 141 cm³/mol. The number of carbonyl (C=O) groups is 1. The smallest absolute Gasteiger partial charge is 0.322 e. The molecule has 2 N–H and O–H groups in total. The first-order chi connectivity index (χ1) is 17.0. The molecule has 1 heterocycles. The Morgan fingerprint density at radius 2 is 1.77 bits per heavy atom. The molecule has 1 aliphatic carbocycles. The second-order valence-corrected chi connectivity index (χ2v) is 9.04. The van der Waals surface area contributed by atoms with Crippen molar-refractivity contribution in [3.8, 4) is 6.07 Å². The van der Waals surface area contributed by atoms with Gasteiger partial charge in [0, 0.05) is 30.5 Å². The summed E-state index contributed by atoms with van der Waals surface area (Å²) in [4.78, 5) is 19.7. The van der Waals surface area contributed by atoms with E-state index in [4.69, 9.17) is 5.26 Å². The van der Waals surface area contributed by atoms with E-state index < -0.39 is 0 Å². The van der Waals surface area contributed by atoms with Gasteiger partial charge >= 0.3 is 6.03 Å². The van der Waals surface area contributed by atoms with Gasteiger partial charge in [-0.05, 0) is 68.0 Å². The molecule has 35 heavy (non-hydrogen) atoms. The molecule has 0 bridgehead atoms. The number of benzene rings is 2. The normalized spacial score (nSPS) is 17.1. The van der Waals surface area contributed by atoms with E-state index in [0.717, 1.165) is 53.9 Å². The lowest BCUT2D eigenvalue weighted by molar-refractivity contribution is 0.240. The highest BCUT2D eigenvalue weighted by atomic mass is 16.2. The summed E-state index contributed by atoms with van der Waals surface area (Å²) >= 11 is 0. The average Bonchev–Trinajstić information content (AvgIpc) is 2.90.